The van der Waals surface area contributed by atoms with E-state index in [1.165, 1.54) is 6.92 Å². The Balaban J connectivity index is 0.00000361. The Morgan fingerprint density at radius 2 is 2.10 bits per heavy atom. The van der Waals surface area contributed by atoms with Crippen LogP contribution < -0.4 is 15.8 Å². The molecule has 0 bridgehead atoms. The van der Waals surface area contributed by atoms with Crippen LogP contribution in [0.1, 0.15) is 30.6 Å². The van der Waals surface area contributed by atoms with E-state index >= 15 is 0 Å². The molecule has 1 aromatic carbocycles. The third-order valence-electron chi connectivity index (χ3n) is 2.60. The van der Waals surface area contributed by atoms with E-state index in [-0.39, 0.29) is 24.1 Å². The van der Waals surface area contributed by atoms with Gasteiger partial charge in [-0.2, -0.15) is 0 Å². The number of hydrogen-bond donors (Lipinski definition) is 2. The lowest BCUT2D eigenvalue weighted by atomic mass is 10.1. The number of ketones is 1. The fraction of sp³-hybridized carbons (Fsp3) is 0.429. The average Bonchev–Trinajstić information content (AvgIpc) is 2.39. The minimum absolute atomic E-state index is 0. The summed E-state index contributed by atoms with van der Waals surface area (Å²) in [5.74, 6) is 0.279. The quantitative estimate of drug-likeness (QED) is 0.591. The zero-order valence-corrected chi connectivity index (χ0v) is 12.5. The highest BCUT2D eigenvalue weighted by atomic mass is 35.5. The zero-order chi connectivity index (χ0) is 14.3. The summed E-state index contributed by atoms with van der Waals surface area (Å²) in [6, 6.07) is 6.79. The Hall–Kier alpha value is -1.59. The number of benzene rings is 1. The van der Waals surface area contributed by atoms with Crippen LogP contribution >= 0.6 is 12.4 Å². The van der Waals surface area contributed by atoms with E-state index < -0.39 is 6.10 Å². The molecule has 3 N–H and O–H groups in total. The largest absolute Gasteiger partial charge is 0.481 e. The first kappa shape index (κ1) is 18.4. The number of amides is 1. The Labute approximate surface area is 125 Å². The monoisotopic (exact) mass is 300 g/mol. The fourth-order valence-electron chi connectivity index (χ4n) is 1.50. The Morgan fingerprint density at radius 3 is 2.70 bits per heavy atom. The molecule has 5 nitrogen and oxygen atoms in total. The molecule has 6 heteroatoms. The molecule has 0 saturated carbocycles. The highest BCUT2D eigenvalue weighted by Gasteiger charge is 2.14. The number of nitrogens with one attached hydrogen (secondary N) is 1. The van der Waals surface area contributed by atoms with Crippen LogP contribution in [0.4, 0.5) is 0 Å². The fourth-order valence-corrected chi connectivity index (χ4v) is 1.50. The van der Waals surface area contributed by atoms with Gasteiger partial charge < -0.3 is 15.8 Å². The van der Waals surface area contributed by atoms with E-state index in [2.05, 4.69) is 5.32 Å². The van der Waals surface area contributed by atoms with Crippen molar-refractivity contribution in [3.8, 4) is 5.75 Å². The third kappa shape index (κ3) is 6.04. The van der Waals surface area contributed by atoms with Crippen molar-refractivity contribution in [1.29, 1.82) is 0 Å². The summed E-state index contributed by atoms with van der Waals surface area (Å²) in [5, 5.41) is 2.73. The number of halogens is 1. The predicted molar refractivity (Wildman–Crippen MR) is 80.5 cm³/mol. The van der Waals surface area contributed by atoms with Crippen molar-refractivity contribution in [2.45, 2.75) is 26.4 Å². The SMILES string of the molecule is CC(=O)c1cccc(OC(C)C(=O)NCCCN)c1.Cl. The van der Waals surface area contributed by atoms with Crippen LogP contribution in [0.2, 0.25) is 0 Å². The highest BCUT2D eigenvalue weighted by molar-refractivity contribution is 5.94. The predicted octanol–water partition coefficient (Wildman–Crippen LogP) is 1.54. The van der Waals surface area contributed by atoms with Crippen molar-refractivity contribution >= 4 is 24.1 Å². The maximum atomic E-state index is 11.7. The average molecular weight is 301 g/mol. The van der Waals surface area contributed by atoms with Gasteiger partial charge >= 0.3 is 0 Å². The van der Waals surface area contributed by atoms with Crippen molar-refractivity contribution in [2.75, 3.05) is 13.1 Å². The summed E-state index contributed by atoms with van der Waals surface area (Å²) in [5.41, 5.74) is 5.91. The molecule has 0 radical (unpaired) electrons. The van der Waals surface area contributed by atoms with Crippen molar-refractivity contribution in [3.63, 3.8) is 0 Å². The Kier molecular flexibility index (Phi) is 8.59. The lowest BCUT2D eigenvalue weighted by molar-refractivity contribution is -0.127. The Morgan fingerprint density at radius 1 is 1.40 bits per heavy atom. The van der Waals surface area contributed by atoms with Gasteiger partial charge in [-0.1, -0.05) is 12.1 Å². The zero-order valence-electron chi connectivity index (χ0n) is 11.7. The number of hydrogen-bond acceptors (Lipinski definition) is 4. The van der Waals surface area contributed by atoms with Crippen molar-refractivity contribution in [2.24, 2.45) is 5.73 Å². The molecule has 1 unspecified atom stereocenters. The van der Waals surface area contributed by atoms with Crippen LogP contribution in [0.25, 0.3) is 0 Å². The summed E-state index contributed by atoms with van der Waals surface area (Å²) in [6.45, 7) is 4.23. The smallest absolute Gasteiger partial charge is 0.260 e. The second-order valence-corrected chi connectivity index (χ2v) is 4.28. The summed E-state index contributed by atoms with van der Waals surface area (Å²) in [6.07, 6.45) is 0.123. The molecule has 0 aliphatic rings. The van der Waals surface area contributed by atoms with Crippen molar-refractivity contribution < 1.29 is 14.3 Å². The Bertz CT molecular complexity index is 452. The molecule has 0 spiro atoms. The minimum atomic E-state index is -0.611. The lowest BCUT2D eigenvalue weighted by Gasteiger charge is -2.15. The van der Waals surface area contributed by atoms with Crippen LogP contribution in [-0.4, -0.2) is 30.9 Å². The first-order valence-electron chi connectivity index (χ1n) is 6.30. The minimum Gasteiger partial charge on any atom is -0.481 e. The van der Waals surface area contributed by atoms with Gasteiger partial charge in [0.05, 0.1) is 0 Å². The highest BCUT2D eigenvalue weighted by Crippen LogP contribution is 2.15. The van der Waals surface area contributed by atoms with Crippen molar-refractivity contribution in [1.82, 2.24) is 5.32 Å². The van der Waals surface area contributed by atoms with Crippen LogP contribution in [-0.2, 0) is 4.79 Å². The molecule has 0 aliphatic heterocycles. The molecule has 1 amide bonds. The summed E-state index contributed by atoms with van der Waals surface area (Å²) in [7, 11) is 0. The first-order valence-corrected chi connectivity index (χ1v) is 6.30. The number of carbonyl (C=O) groups excluding carboxylic acids is 2. The molecule has 20 heavy (non-hydrogen) atoms. The summed E-state index contributed by atoms with van der Waals surface area (Å²) < 4.78 is 5.50. The molecule has 1 rings (SSSR count). The first-order chi connectivity index (χ1) is 9.04. The second-order valence-electron chi connectivity index (χ2n) is 4.28. The van der Waals surface area contributed by atoms with Gasteiger partial charge in [0.25, 0.3) is 5.91 Å². The summed E-state index contributed by atoms with van der Waals surface area (Å²) >= 11 is 0. The standard InChI is InChI=1S/C14H20N2O3.ClH/c1-10(17)12-5-3-6-13(9-12)19-11(2)14(18)16-8-4-7-15;/h3,5-6,9,11H,4,7-8,15H2,1-2H3,(H,16,18);1H. The number of carbonyl (C=O) groups is 2. The molecule has 112 valence electrons. The molecule has 0 saturated heterocycles. The maximum absolute atomic E-state index is 11.7. The van der Waals surface area contributed by atoms with Crippen LogP contribution in [0.5, 0.6) is 5.75 Å². The lowest BCUT2D eigenvalue weighted by Crippen LogP contribution is -2.37. The number of nitrogens with two attached hydrogens (primary N) is 1. The molecular formula is C14H21ClN2O3. The van der Waals surface area contributed by atoms with E-state index in [4.69, 9.17) is 10.5 Å². The van der Waals surface area contributed by atoms with Crippen LogP contribution in [0, 0.1) is 0 Å². The van der Waals surface area contributed by atoms with Crippen molar-refractivity contribution in [3.05, 3.63) is 29.8 Å². The molecule has 0 aliphatic carbocycles. The maximum Gasteiger partial charge on any atom is 0.260 e. The third-order valence-corrected chi connectivity index (χ3v) is 2.60. The summed E-state index contributed by atoms with van der Waals surface area (Å²) in [4.78, 5) is 22.9. The van der Waals surface area contributed by atoms with Crippen LogP contribution in [0.3, 0.4) is 0 Å². The molecule has 0 heterocycles. The van der Waals surface area contributed by atoms with Gasteiger partial charge in [-0.3, -0.25) is 9.59 Å². The number of ether oxygens (including phenoxy) is 1. The van der Waals surface area contributed by atoms with Gasteiger partial charge in [-0.05, 0) is 38.9 Å². The van der Waals surface area contributed by atoms with E-state index in [1.807, 2.05) is 0 Å². The van der Waals surface area contributed by atoms with Gasteiger partial charge in [0.1, 0.15) is 5.75 Å². The van der Waals surface area contributed by atoms with E-state index in [9.17, 15) is 9.59 Å². The van der Waals surface area contributed by atoms with Crippen LogP contribution in [0.15, 0.2) is 24.3 Å². The van der Waals surface area contributed by atoms with E-state index in [1.54, 1.807) is 31.2 Å². The van der Waals surface area contributed by atoms with Gasteiger partial charge in [0.2, 0.25) is 0 Å². The number of Topliss-reactive ketones (excluding diaryl/α,β-unsaturated/α-hetero) is 1. The van der Waals surface area contributed by atoms with Gasteiger partial charge in [-0.15, -0.1) is 12.4 Å². The normalized spacial score (nSPS) is 11.2. The molecule has 0 fully saturated rings. The second kappa shape index (κ2) is 9.34. The topological polar surface area (TPSA) is 81.4 Å². The van der Waals surface area contributed by atoms with Gasteiger partial charge in [0, 0.05) is 12.1 Å². The van der Waals surface area contributed by atoms with E-state index in [0.717, 1.165) is 6.42 Å². The van der Waals surface area contributed by atoms with Gasteiger partial charge in [0.15, 0.2) is 11.9 Å². The number of rotatable bonds is 7. The molecule has 1 atom stereocenters. The molecule has 0 aromatic heterocycles. The van der Waals surface area contributed by atoms with E-state index in [0.29, 0.717) is 24.4 Å². The van der Waals surface area contributed by atoms with Gasteiger partial charge in [-0.25, -0.2) is 0 Å². The molecule has 1 aromatic rings. The molecular weight excluding hydrogens is 280 g/mol.